The van der Waals surface area contributed by atoms with Crippen molar-refractivity contribution in [3.8, 4) is 0 Å². The molecule has 1 N–H and O–H groups in total. The minimum Gasteiger partial charge on any atom is -0.467 e. The number of rotatable bonds is 4. The van der Waals surface area contributed by atoms with Gasteiger partial charge in [-0.2, -0.15) is 0 Å². The van der Waals surface area contributed by atoms with Crippen LogP contribution in [0.5, 0.6) is 0 Å². The van der Waals surface area contributed by atoms with Crippen molar-refractivity contribution in [1.29, 1.82) is 0 Å². The monoisotopic (exact) mass is 267 g/mol. The molecule has 0 atom stereocenters. The molecule has 0 saturated carbocycles. The van der Waals surface area contributed by atoms with Gasteiger partial charge in [-0.25, -0.2) is 0 Å². The van der Waals surface area contributed by atoms with E-state index in [1.165, 1.54) is 17.4 Å². The minimum absolute atomic E-state index is 0.161. The van der Waals surface area contributed by atoms with Crippen LogP contribution in [0.1, 0.15) is 10.6 Å². The highest BCUT2D eigenvalue weighted by molar-refractivity contribution is 7.17. The highest BCUT2D eigenvalue weighted by atomic mass is 35.5. The lowest BCUT2D eigenvalue weighted by atomic mass is 10.4. The van der Waals surface area contributed by atoms with E-state index in [-0.39, 0.29) is 5.91 Å². The zero-order valence-corrected chi connectivity index (χ0v) is 10.4. The van der Waals surface area contributed by atoms with E-state index in [0.29, 0.717) is 10.9 Å². The number of thiophene rings is 1. The Bertz CT molecular complexity index is 516. The van der Waals surface area contributed by atoms with Crippen molar-refractivity contribution in [3.63, 3.8) is 0 Å². The summed E-state index contributed by atoms with van der Waals surface area (Å²) < 4.78 is 5.80. The Morgan fingerprint density at radius 3 is 3.00 bits per heavy atom. The fourth-order valence-electron chi connectivity index (χ4n) is 1.22. The van der Waals surface area contributed by atoms with E-state index >= 15 is 0 Å². The summed E-state index contributed by atoms with van der Waals surface area (Å²) in [5.74, 6) is 0.567. The van der Waals surface area contributed by atoms with E-state index in [1.54, 1.807) is 24.5 Å². The smallest absolute Gasteiger partial charge is 0.244 e. The minimum atomic E-state index is -0.161. The standard InChI is InChI=1S/C12H10ClNO2S/c13-11-5-3-10(17-11)4-6-12(15)14-8-9-2-1-7-16-9/h1-7H,8H2,(H,14,15)/b6-4+. The Morgan fingerprint density at radius 2 is 2.35 bits per heavy atom. The number of halogens is 1. The first-order chi connectivity index (χ1) is 8.24. The molecule has 3 nitrogen and oxygen atoms in total. The van der Waals surface area contributed by atoms with Crippen LogP contribution < -0.4 is 5.32 Å². The molecule has 88 valence electrons. The number of hydrogen-bond donors (Lipinski definition) is 1. The van der Waals surface area contributed by atoms with E-state index < -0.39 is 0 Å². The molecule has 5 heteroatoms. The van der Waals surface area contributed by atoms with Crippen molar-refractivity contribution >= 4 is 34.9 Å². The first kappa shape index (κ1) is 12.0. The van der Waals surface area contributed by atoms with Crippen LogP contribution >= 0.6 is 22.9 Å². The van der Waals surface area contributed by atoms with Gasteiger partial charge in [0.15, 0.2) is 0 Å². The first-order valence-electron chi connectivity index (χ1n) is 4.97. The molecule has 0 unspecified atom stereocenters. The fourth-order valence-corrected chi connectivity index (χ4v) is 2.19. The number of amides is 1. The van der Waals surface area contributed by atoms with Gasteiger partial charge >= 0.3 is 0 Å². The predicted octanol–water partition coefficient (Wildman–Crippen LogP) is 3.32. The third-order valence-corrected chi connectivity index (χ3v) is 3.21. The molecule has 0 spiro atoms. The van der Waals surface area contributed by atoms with Crippen molar-refractivity contribution in [2.24, 2.45) is 0 Å². The molecule has 0 aliphatic rings. The highest BCUT2D eigenvalue weighted by Gasteiger charge is 1.99. The third kappa shape index (κ3) is 3.76. The number of nitrogens with one attached hydrogen (secondary N) is 1. The van der Waals surface area contributed by atoms with Crippen molar-refractivity contribution < 1.29 is 9.21 Å². The van der Waals surface area contributed by atoms with Gasteiger partial charge in [-0.3, -0.25) is 4.79 Å². The van der Waals surface area contributed by atoms with E-state index in [9.17, 15) is 4.79 Å². The van der Waals surface area contributed by atoms with Crippen molar-refractivity contribution in [2.75, 3.05) is 0 Å². The maximum Gasteiger partial charge on any atom is 0.244 e. The lowest BCUT2D eigenvalue weighted by molar-refractivity contribution is -0.116. The summed E-state index contributed by atoms with van der Waals surface area (Å²) in [5.41, 5.74) is 0. The van der Waals surface area contributed by atoms with Crippen LogP contribution in [0.4, 0.5) is 0 Å². The predicted molar refractivity (Wildman–Crippen MR) is 68.9 cm³/mol. The summed E-state index contributed by atoms with van der Waals surface area (Å²) in [7, 11) is 0. The Labute approximate surface area is 108 Å². The number of carbonyl (C=O) groups is 1. The SMILES string of the molecule is O=C(/C=C/c1ccc(Cl)s1)NCc1ccco1. The Hall–Kier alpha value is -1.52. The molecule has 0 fully saturated rings. The van der Waals surface area contributed by atoms with Gasteiger partial charge < -0.3 is 9.73 Å². The molecule has 2 heterocycles. The molecule has 2 aromatic heterocycles. The second kappa shape index (κ2) is 5.70. The van der Waals surface area contributed by atoms with E-state index in [1.807, 2.05) is 12.1 Å². The Kier molecular flexibility index (Phi) is 4.01. The maximum absolute atomic E-state index is 11.5. The van der Waals surface area contributed by atoms with E-state index in [4.69, 9.17) is 16.0 Å². The van der Waals surface area contributed by atoms with Crippen LogP contribution in [0.15, 0.2) is 41.0 Å². The van der Waals surface area contributed by atoms with Gasteiger partial charge in [0, 0.05) is 11.0 Å². The summed E-state index contributed by atoms with van der Waals surface area (Å²) in [6.07, 6.45) is 4.78. The zero-order chi connectivity index (χ0) is 12.1. The van der Waals surface area contributed by atoms with Crippen LogP contribution in [0.25, 0.3) is 6.08 Å². The molecule has 0 aromatic carbocycles. The molecule has 0 aliphatic carbocycles. The summed E-state index contributed by atoms with van der Waals surface area (Å²) in [6.45, 7) is 0.390. The molecule has 0 radical (unpaired) electrons. The third-order valence-electron chi connectivity index (χ3n) is 2.01. The van der Waals surface area contributed by atoms with Crippen molar-refractivity contribution in [2.45, 2.75) is 6.54 Å². The Morgan fingerprint density at radius 1 is 1.47 bits per heavy atom. The molecule has 2 rings (SSSR count). The normalized spacial score (nSPS) is 10.9. The van der Waals surface area contributed by atoms with E-state index in [2.05, 4.69) is 5.32 Å². The average molecular weight is 268 g/mol. The zero-order valence-electron chi connectivity index (χ0n) is 8.85. The van der Waals surface area contributed by atoms with Crippen molar-refractivity contribution in [3.05, 3.63) is 51.6 Å². The van der Waals surface area contributed by atoms with Gasteiger partial charge in [-0.05, 0) is 30.3 Å². The van der Waals surface area contributed by atoms with Crippen LogP contribution in [0, 0.1) is 0 Å². The molecular weight excluding hydrogens is 258 g/mol. The lowest BCUT2D eigenvalue weighted by Crippen LogP contribution is -2.19. The van der Waals surface area contributed by atoms with Gasteiger partial charge in [0.25, 0.3) is 0 Å². The summed E-state index contributed by atoms with van der Waals surface area (Å²) in [6, 6.07) is 7.25. The van der Waals surface area contributed by atoms with Crippen LogP contribution in [0.2, 0.25) is 4.34 Å². The van der Waals surface area contributed by atoms with Crippen LogP contribution in [-0.4, -0.2) is 5.91 Å². The molecule has 0 aliphatic heterocycles. The van der Waals surface area contributed by atoms with Gasteiger partial charge in [-0.1, -0.05) is 11.6 Å². The largest absolute Gasteiger partial charge is 0.467 e. The quantitative estimate of drug-likeness (QED) is 0.864. The van der Waals surface area contributed by atoms with E-state index in [0.717, 1.165) is 10.6 Å². The van der Waals surface area contributed by atoms with Gasteiger partial charge in [0.2, 0.25) is 5.91 Å². The van der Waals surface area contributed by atoms with Crippen molar-refractivity contribution in [1.82, 2.24) is 5.32 Å². The first-order valence-corrected chi connectivity index (χ1v) is 6.17. The van der Waals surface area contributed by atoms with Gasteiger partial charge in [-0.15, -0.1) is 11.3 Å². The highest BCUT2D eigenvalue weighted by Crippen LogP contribution is 2.22. The second-order valence-electron chi connectivity index (χ2n) is 3.27. The maximum atomic E-state index is 11.5. The van der Waals surface area contributed by atoms with Gasteiger partial charge in [0.05, 0.1) is 17.1 Å². The Balaban J connectivity index is 1.83. The number of hydrogen-bond acceptors (Lipinski definition) is 3. The summed E-state index contributed by atoms with van der Waals surface area (Å²) in [4.78, 5) is 12.4. The van der Waals surface area contributed by atoms with Gasteiger partial charge in [0.1, 0.15) is 5.76 Å². The fraction of sp³-hybridized carbons (Fsp3) is 0.0833. The topological polar surface area (TPSA) is 42.2 Å². The molecule has 0 bridgehead atoms. The average Bonchev–Trinajstić information content (AvgIpc) is 2.95. The van der Waals surface area contributed by atoms with Crippen LogP contribution in [-0.2, 0) is 11.3 Å². The second-order valence-corrected chi connectivity index (χ2v) is 5.02. The lowest BCUT2D eigenvalue weighted by Gasteiger charge is -1.97. The molecular formula is C12H10ClNO2S. The summed E-state index contributed by atoms with van der Waals surface area (Å²) in [5, 5.41) is 2.71. The summed E-state index contributed by atoms with van der Waals surface area (Å²) >= 11 is 7.20. The number of furan rings is 1. The molecule has 0 saturated heterocycles. The molecule has 17 heavy (non-hydrogen) atoms. The molecule has 1 amide bonds. The number of carbonyl (C=O) groups excluding carboxylic acids is 1. The van der Waals surface area contributed by atoms with Crippen LogP contribution in [0.3, 0.4) is 0 Å². The molecule has 2 aromatic rings.